The van der Waals surface area contributed by atoms with Crippen LogP contribution in [-0.4, -0.2) is 28.8 Å². The normalized spacial score (nSPS) is 14.5. The standard InChI is InChI=1S/C30H33BrN2O2/c1-22-9-5-6-12-25(22)20-29(34)33(21-24-15-17-26(31)18-16-24)28(19-23-10-3-2-4-11-23)30(35)32-27-13-7-8-14-27/h2-6,9-12,15-18,27-28H,7-8,13-14,19-21H2,1H3,(H,32,35). The van der Waals surface area contributed by atoms with E-state index in [1.54, 1.807) is 4.90 Å². The van der Waals surface area contributed by atoms with Crippen molar-refractivity contribution in [2.75, 3.05) is 0 Å². The predicted molar refractivity (Wildman–Crippen MR) is 144 cm³/mol. The van der Waals surface area contributed by atoms with Gasteiger partial charge in [0.2, 0.25) is 11.8 Å². The van der Waals surface area contributed by atoms with E-state index in [4.69, 9.17) is 0 Å². The van der Waals surface area contributed by atoms with Gasteiger partial charge < -0.3 is 10.2 Å². The van der Waals surface area contributed by atoms with Crippen LogP contribution in [0.3, 0.4) is 0 Å². The highest BCUT2D eigenvalue weighted by atomic mass is 79.9. The lowest BCUT2D eigenvalue weighted by Gasteiger charge is -2.32. The molecule has 35 heavy (non-hydrogen) atoms. The predicted octanol–water partition coefficient (Wildman–Crippen LogP) is 6.00. The van der Waals surface area contributed by atoms with Crippen molar-refractivity contribution < 1.29 is 9.59 Å². The first-order valence-electron chi connectivity index (χ1n) is 12.4. The average molecular weight is 534 g/mol. The Morgan fingerprint density at radius 3 is 2.26 bits per heavy atom. The number of hydrogen-bond donors (Lipinski definition) is 1. The van der Waals surface area contributed by atoms with Gasteiger partial charge in [-0.25, -0.2) is 0 Å². The van der Waals surface area contributed by atoms with Crippen molar-refractivity contribution in [3.05, 3.63) is 106 Å². The van der Waals surface area contributed by atoms with E-state index in [0.717, 1.165) is 52.4 Å². The monoisotopic (exact) mass is 532 g/mol. The zero-order chi connectivity index (χ0) is 24.6. The topological polar surface area (TPSA) is 49.4 Å². The summed E-state index contributed by atoms with van der Waals surface area (Å²) in [5.74, 6) is -0.0966. The Morgan fingerprint density at radius 1 is 0.914 bits per heavy atom. The second-order valence-corrected chi connectivity index (χ2v) is 10.4. The fourth-order valence-electron chi connectivity index (χ4n) is 4.78. The van der Waals surface area contributed by atoms with Crippen molar-refractivity contribution in [3.8, 4) is 0 Å². The minimum atomic E-state index is -0.585. The quantitative estimate of drug-likeness (QED) is 0.367. The molecule has 0 aliphatic heterocycles. The van der Waals surface area contributed by atoms with E-state index in [1.807, 2.05) is 85.8 Å². The Hall–Kier alpha value is -2.92. The molecule has 1 saturated carbocycles. The van der Waals surface area contributed by atoms with Crippen LogP contribution < -0.4 is 5.32 Å². The van der Waals surface area contributed by atoms with Gasteiger partial charge in [0.15, 0.2) is 0 Å². The van der Waals surface area contributed by atoms with Gasteiger partial charge in [-0.2, -0.15) is 0 Å². The number of amides is 2. The smallest absolute Gasteiger partial charge is 0.243 e. The molecule has 4 nitrogen and oxygen atoms in total. The Labute approximate surface area is 216 Å². The van der Waals surface area contributed by atoms with Gasteiger partial charge in [0.1, 0.15) is 6.04 Å². The number of benzene rings is 3. The second-order valence-electron chi connectivity index (χ2n) is 9.45. The van der Waals surface area contributed by atoms with E-state index in [9.17, 15) is 9.59 Å². The molecule has 1 fully saturated rings. The van der Waals surface area contributed by atoms with Crippen LogP contribution in [0.5, 0.6) is 0 Å². The number of nitrogens with zero attached hydrogens (tertiary/aromatic N) is 1. The first-order chi connectivity index (χ1) is 17.0. The Bertz CT molecular complexity index is 1120. The molecule has 0 heterocycles. The molecule has 0 radical (unpaired) electrons. The van der Waals surface area contributed by atoms with E-state index in [1.165, 1.54) is 0 Å². The highest BCUT2D eigenvalue weighted by Gasteiger charge is 2.32. The zero-order valence-corrected chi connectivity index (χ0v) is 21.8. The fourth-order valence-corrected chi connectivity index (χ4v) is 5.05. The number of rotatable bonds is 9. The van der Waals surface area contributed by atoms with Crippen LogP contribution in [0.15, 0.2) is 83.3 Å². The van der Waals surface area contributed by atoms with Crippen LogP contribution >= 0.6 is 15.9 Å². The largest absolute Gasteiger partial charge is 0.352 e. The first-order valence-corrected chi connectivity index (χ1v) is 13.2. The summed E-state index contributed by atoms with van der Waals surface area (Å²) in [5.41, 5.74) is 4.12. The van der Waals surface area contributed by atoms with Gasteiger partial charge in [0, 0.05) is 23.5 Å². The number of carbonyl (C=O) groups is 2. The summed E-state index contributed by atoms with van der Waals surface area (Å²) in [6, 6.07) is 25.5. The SMILES string of the molecule is Cc1ccccc1CC(=O)N(Cc1ccc(Br)cc1)C(Cc1ccccc1)C(=O)NC1CCCC1. The molecule has 1 aliphatic rings. The third-order valence-corrected chi connectivity index (χ3v) is 7.37. The van der Waals surface area contributed by atoms with E-state index in [0.29, 0.717) is 13.0 Å². The molecule has 2 amide bonds. The van der Waals surface area contributed by atoms with Crippen molar-refractivity contribution in [3.63, 3.8) is 0 Å². The van der Waals surface area contributed by atoms with Gasteiger partial charge in [-0.05, 0) is 54.2 Å². The minimum absolute atomic E-state index is 0.0373. The molecular formula is C30H33BrN2O2. The van der Waals surface area contributed by atoms with E-state index >= 15 is 0 Å². The van der Waals surface area contributed by atoms with Gasteiger partial charge in [0.25, 0.3) is 0 Å². The maximum atomic E-state index is 13.8. The first kappa shape index (κ1) is 25.2. The lowest BCUT2D eigenvalue weighted by Crippen LogP contribution is -2.52. The van der Waals surface area contributed by atoms with Gasteiger partial charge in [-0.15, -0.1) is 0 Å². The molecule has 4 rings (SSSR count). The van der Waals surface area contributed by atoms with Crippen LogP contribution in [0, 0.1) is 6.92 Å². The Kier molecular flexibility index (Phi) is 8.75. The average Bonchev–Trinajstić information content (AvgIpc) is 3.37. The maximum Gasteiger partial charge on any atom is 0.243 e. The molecule has 0 spiro atoms. The summed E-state index contributed by atoms with van der Waals surface area (Å²) in [7, 11) is 0. The van der Waals surface area contributed by atoms with Crippen LogP contribution in [0.25, 0.3) is 0 Å². The molecular weight excluding hydrogens is 500 g/mol. The molecule has 182 valence electrons. The molecule has 1 atom stereocenters. The third-order valence-electron chi connectivity index (χ3n) is 6.84. The molecule has 3 aromatic carbocycles. The highest BCUT2D eigenvalue weighted by molar-refractivity contribution is 9.10. The van der Waals surface area contributed by atoms with Crippen LogP contribution in [0.4, 0.5) is 0 Å². The molecule has 0 bridgehead atoms. The summed E-state index contributed by atoms with van der Waals surface area (Å²) in [6.45, 7) is 2.41. The van der Waals surface area contributed by atoms with Crippen LogP contribution in [0.1, 0.15) is 47.9 Å². The molecule has 1 N–H and O–H groups in total. The summed E-state index contributed by atoms with van der Waals surface area (Å²) in [4.78, 5) is 29.3. The summed E-state index contributed by atoms with van der Waals surface area (Å²) >= 11 is 3.49. The van der Waals surface area contributed by atoms with E-state index in [-0.39, 0.29) is 24.3 Å². The van der Waals surface area contributed by atoms with Gasteiger partial charge in [-0.1, -0.05) is 95.5 Å². The van der Waals surface area contributed by atoms with Crippen molar-refractivity contribution >= 4 is 27.7 Å². The lowest BCUT2D eigenvalue weighted by molar-refractivity contribution is -0.141. The van der Waals surface area contributed by atoms with E-state index < -0.39 is 6.04 Å². The Balaban J connectivity index is 1.66. The van der Waals surface area contributed by atoms with Crippen LogP contribution in [0.2, 0.25) is 0 Å². The highest BCUT2D eigenvalue weighted by Crippen LogP contribution is 2.21. The summed E-state index contributed by atoms with van der Waals surface area (Å²) < 4.78 is 0.985. The van der Waals surface area contributed by atoms with Gasteiger partial charge in [0.05, 0.1) is 6.42 Å². The molecule has 0 aromatic heterocycles. The van der Waals surface area contributed by atoms with Crippen molar-refractivity contribution in [2.24, 2.45) is 0 Å². The van der Waals surface area contributed by atoms with Gasteiger partial charge in [-0.3, -0.25) is 9.59 Å². The van der Waals surface area contributed by atoms with Crippen molar-refractivity contribution in [1.82, 2.24) is 10.2 Å². The van der Waals surface area contributed by atoms with Crippen LogP contribution in [-0.2, 0) is 29.0 Å². The number of aryl methyl sites for hydroxylation is 1. The van der Waals surface area contributed by atoms with Crippen molar-refractivity contribution in [2.45, 2.75) is 64.1 Å². The number of halogens is 1. The minimum Gasteiger partial charge on any atom is -0.352 e. The fraction of sp³-hybridized carbons (Fsp3) is 0.333. The second kappa shape index (κ2) is 12.2. The number of nitrogens with one attached hydrogen (secondary N) is 1. The number of hydrogen-bond acceptors (Lipinski definition) is 2. The zero-order valence-electron chi connectivity index (χ0n) is 20.3. The third kappa shape index (κ3) is 7.04. The van der Waals surface area contributed by atoms with E-state index in [2.05, 4.69) is 21.2 Å². The summed E-state index contributed by atoms with van der Waals surface area (Å²) in [5, 5.41) is 3.26. The molecule has 5 heteroatoms. The summed E-state index contributed by atoms with van der Waals surface area (Å²) in [6.07, 6.45) is 5.05. The van der Waals surface area contributed by atoms with Gasteiger partial charge >= 0.3 is 0 Å². The maximum absolute atomic E-state index is 13.8. The lowest BCUT2D eigenvalue weighted by atomic mass is 10.00. The molecule has 3 aromatic rings. The number of carbonyl (C=O) groups excluding carboxylic acids is 2. The molecule has 1 aliphatic carbocycles. The Morgan fingerprint density at radius 2 is 1.57 bits per heavy atom. The molecule has 1 unspecified atom stereocenters. The van der Waals surface area contributed by atoms with Crippen molar-refractivity contribution in [1.29, 1.82) is 0 Å². The molecule has 0 saturated heterocycles.